The Balaban J connectivity index is 1.34. The van der Waals surface area contributed by atoms with Crippen LogP contribution in [0.3, 0.4) is 0 Å². The SMILES string of the molecule is CCOc1ccc(S(=O)(=O)N2CCC(C(=O)Nc3nc(-c4cccc(F)c4)cs3)CC2)cc1. The number of hydrogen-bond acceptors (Lipinski definition) is 6. The molecule has 10 heteroatoms. The van der Waals surface area contributed by atoms with E-state index >= 15 is 0 Å². The summed E-state index contributed by atoms with van der Waals surface area (Å²) in [6.07, 6.45) is 0.842. The highest BCUT2D eigenvalue weighted by Crippen LogP contribution is 2.28. The topological polar surface area (TPSA) is 88.6 Å². The van der Waals surface area contributed by atoms with E-state index in [2.05, 4.69) is 10.3 Å². The van der Waals surface area contributed by atoms with Crippen molar-refractivity contribution < 1.29 is 22.3 Å². The van der Waals surface area contributed by atoms with Gasteiger partial charge in [0, 0.05) is 30.0 Å². The summed E-state index contributed by atoms with van der Waals surface area (Å²) in [6, 6.07) is 12.5. The highest BCUT2D eigenvalue weighted by molar-refractivity contribution is 7.89. The van der Waals surface area contributed by atoms with E-state index in [0.29, 0.717) is 41.6 Å². The average molecular weight is 490 g/mol. The zero-order chi connectivity index (χ0) is 23.4. The summed E-state index contributed by atoms with van der Waals surface area (Å²) >= 11 is 1.27. The normalized spacial score (nSPS) is 15.3. The first-order chi connectivity index (χ1) is 15.9. The second-order valence-electron chi connectivity index (χ2n) is 7.62. The van der Waals surface area contributed by atoms with Gasteiger partial charge in [0.15, 0.2) is 5.13 Å². The molecule has 0 atom stereocenters. The van der Waals surface area contributed by atoms with Gasteiger partial charge in [-0.15, -0.1) is 11.3 Å². The van der Waals surface area contributed by atoms with Gasteiger partial charge in [-0.3, -0.25) is 4.79 Å². The highest BCUT2D eigenvalue weighted by Gasteiger charge is 2.32. The molecular formula is C23H24FN3O4S2. The second-order valence-corrected chi connectivity index (χ2v) is 10.4. The molecule has 1 saturated heterocycles. The van der Waals surface area contributed by atoms with Crippen LogP contribution in [0.1, 0.15) is 19.8 Å². The van der Waals surface area contributed by atoms with Crippen molar-refractivity contribution in [2.24, 2.45) is 5.92 Å². The van der Waals surface area contributed by atoms with Crippen molar-refractivity contribution in [3.8, 4) is 17.0 Å². The predicted octanol–water partition coefficient (Wildman–Crippen LogP) is 4.39. The number of sulfonamides is 1. The van der Waals surface area contributed by atoms with E-state index in [1.165, 1.54) is 39.9 Å². The Morgan fingerprint density at radius 3 is 2.61 bits per heavy atom. The van der Waals surface area contributed by atoms with E-state index in [4.69, 9.17) is 4.74 Å². The number of hydrogen-bond donors (Lipinski definition) is 1. The fraction of sp³-hybridized carbons (Fsp3) is 0.304. The van der Waals surface area contributed by atoms with Gasteiger partial charge in [-0.1, -0.05) is 12.1 Å². The van der Waals surface area contributed by atoms with Crippen molar-refractivity contribution in [2.75, 3.05) is 25.0 Å². The number of anilines is 1. The summed E-state index contributed by atoms with van der Waals surface area (Å²) in [5, 5.41) is 5.01. The van der Waals surface area contributed by atoms with Crippen LogP contribution in [0.25, 0.3) is 11.3 Å². The summed E-state index contributed by atoms with van der Waals surface area (Å²) in [7, 11) is -3.63. The molecule has 4 rings (SSSR count). The number of carbonyl (C=O) groups excluding carboxylic acids is 1. The molecule has 1 aromatic heterocycles. The Hall–Kier alpha value is -2.82. The lowest BCUT2D eigenvalue weighted by Gasteiger charge is -2.30. The maximum absolute atomic E-state index is 13.4. The molecule has 0 aliphatic carbocycles. The van der Waals surface area contributed by atoms with Crippen molar-refractivity contribution in [1.29, 1.82) is 0 Å². The first-order valence-corrected chi connectivity index (χ1v) is 12.9. The average Bonchev–Trinajstić information content (AvgIpc) is 3.28. The molecule has 0 bridgehead atoms. The molecule has 0 unspecified atom stereocenters. The number of ether oxygens (including phenoxy) is 1. The molecule has 174 valence electrons. The van der Waals surface area contributed by atoms with Crippen molar-refractivity contribution in [3.63, 3.8) is 0 Å². The lowest BCUT2D eigenvalue weighted by Crippen LogP contribution is -2.41. The molecule has 1 amide bonds. The van der Waals surface area contributed by atoms with Gasteiger partial charge in [-0.2, -0.15) is 4.31 Å². The van der Waals surface area contributed by atoms with Gasteiger partial charge in [0.1, 0.15) is 11.6 Å². The predicted molar refractivity (Wildman–Crippen MR) is 125 cm³/mol. The number of nitrogens with one attached hydrogen (secondary N) is 1. The van der Waals surface area contributed by atoms with Gasteiger partial charge in [-0.25, -0.2) is 17.8 Å². The van der Waals surface area contributed by atoms with Gasteiger partial charge in [0.25, 0.3) is 0 Å². The quantitative estimate of drug-likeness (QED) is 0.532. The largest absolute Gasteiger partial charge is 0.494 e. The maximum atomic E-state index is 13.4. The number of nitrogens with zero attached hydrogens (tertiary/aromatic N) is 2. The summed E-state index contributed by atoms with van der Waals surface area (Å²) in [5.41, 5.74) is 1.23. The van der Waals surface area contributed by atoms with E-state index in [9.17, 15) is 17.6 Å². The van der Waals surface area contributed by atoms with E-state index in [-0.39, 0.29) is 35.6 Å². The van der Waals surface area contributed by atoms with Crippen LogP contribution in [-0.4, -0.2) is 43.3 Å². The van der Waals surface area contributed by atoms with Crippen LogP contribution >= 0.6 is 11.3 Å². The monoisotopic (exact) mass is 489 g/mol. The van der Waals surface area contributed by atoms with Crippen LogP contribution in [0.2, 0.25) is 0 Å². The Morgan fingerprint density at radius 2 is 1.94 bits per heavy atom. The van der Waals surface area contributed by atoms with Crippen molar-refractivity contribution >= 4 is 32.4 Å². The van der Waals surface area contributed by atoms with Crippen molar-refractivity contribution in [2.45, 2.75) is 24.7 Å². The van der Waals surface area contributed by atoms with Gasteiger partial charge in [0.2, 0.25) is 15.9 Å². The van der Waals surface area contributed by atoms with Crippen molar-refractivity contribution in [1.82, 2.24) is 9.29 Å². The molecule has 1 N–H and O–H groups in total. The number of aromatic nitrogens is 1. The van der Waals surface area contributed by atoms with Crippen LogP contribution < -0.4 is 10.1 Å². The van der Waals surface area contributed by atoms with Crippen LogP contribution in [0.15, 0.2) is 58.8 Å². The van der Waals surface area contributed by atoms with Crippen LogP contribution in [0.5, 0.6) is 5.75 Å². The third-order valence-corrected chi connectivity index (χ3v) is 8.12. The van der Waals surface area contributed by atoms with Gasteiger partial charge in [0.05, 0.1) is 17.2 Å². The summed E-state index contributed by atoms with van der Waals surface area (Å²) in [4.78, 5) is 17.3. The zero-order valence-electron chi connectivity index (χ0n) is 18.0. The molecule has 2 aromatic carbocycles. The lowest BCUT2D eigenvalue weighted by molar-refractivity contribution is -0.120. The molecular weight excluding hydrogens is 465 g/mol. The maximum Gasteiger partial charge on any atom is 0.243 e. The minimum Gasteiger partial charge on any atom is -0.494 e. The zero-order valence-corrected chi connectivity index (χ0v) is 19.7. The number of rotatable bonds is 7. The van der Waals surface area contributed by atoms with E-state index in [1.807, 2.05) is 6.92 Å². The van der Waals surface area contributed by atoms with E-state index in [1.54, 1.807) is 29.6 Å². The minimum absolute atomic E-state index is 0.187. The summed E-state index contributed by atoms with van der Waals surface area (Å²) in [6.45, 7) is 2.90. The smallest absolute Gasteiger partial charge is 0.243 e. The Morgan fingerprint density at radius 1 is 1.21 bits per heavy atom. The number of amides is 1. The lowest BCUT2D eigenvalue weighted by atomic mass is 9.97. The number of piperidine rings is 1. The number of benzene rings is 2. The van der Waals surface area contributed by atoms with E-state index in [0.717, 1.165) is 0 Å². The standard InChI is InChI=1S/C23H24FN3O4S2/c1-2-31-19-6-8-20(9-7-19)33(29,30)27-12-10-16(11-13-27)22(28)26-23-25-21(15-32-23)17-4-3-5-18(24)14-17/h3-9,14-16H,2,10-13H2,1H3,(H,25,26,28). The second kappa shape index (κ2) is 9.98. The molecule has 2 heterocycles. The third-order valence-electron chi connectivity index (χ3n) is 5.45. The minimum atomic E-state index is -3.63. The third kappa shape index (κ3) is 5.40. The van der Waals surface area contributed by atoms with Crippen LogP contribution in [-0.2, 0) is 14.8 Å². The Labute approximate surface area is 196 Å². The fourth-order valence-corrected chi connectivity index (χ4v) is 5.89. The molecule has 0 radical (unpaired) electrons. The first-order valence-electron chi connectivity index (χ1n) is 10.6. The fourth-order valence-electron chi connectivity index (χ4n) is 3.70. The number of halogens is 1. The number of thiazole rings is 1. The molecule has 3 aromatic rings. The van der Waals surface area contributed by atoms with Crippen LogP contribution in [0, 0.1) is 11.7 Å². The summed E-state index contributed by atoms with van der Waals surface area (Å²) < 4.78 is 46.1. The molecule has 1 aliphatic rings. The molecule has 0 spiro atoms. The van der Waals surface area contributed by atoms with Gasteiger partial charge in [-0.05, 0) is 56.2 Å². The molecule has 0 saturated carbocycles. The molecule has 1 fully saturated rings. The van der Waals surface area contributed by atoms with E-state index < -0.39 is 10.0 Å². The summed E-state index contributed by atoms with van der Waals surface area (Å²) in [5.74, 6) is -0.223. The van der Waals surface area contributed by atoms with Crippen molar-refractivity contribution in [3.05, 3.63) is 59.7 Å². The molecule has 1 aliphatic heterocycles. The van der Waals surface area contributed by atoms with Crippen LogP contribution in [0.4, 0.5) is 9.52 Å². The van der Waals surface area contributed by atoms with Gasteiger partial charge >= 0.3 is 0 Å². The first kappa shape index (κ1) is 23.3. The molecule has 7 nitrogen and oxygen atoms in total. The number of carbonyl (C=O) groups is 1. The molecule has 33 heavy (non-hydrogen) atoms. The highest BCUT2D eigenvalue weighted by atomic mass is 32.2. The Bertz CT molecular complexity index is 1220. The van der Waals surface area contributed by atoms with Gasteiger partial charge < -0.3 is 10.1 Å². The Kier molecular flexibility index (Phi) is 7.06.